The van der Waals surface area contributed by atoms with Crippen molar-refractivity contribution in [2.75, 3.05) is 0 Å². The molecular weight excluding hydrogens is 256 g/mol. The molecule has 0 heterocycles. The normalized spacial score (nSPS) is 29.9. The van der Waals surface area contributed by atoms with Crippen molar-refractivity contribution < 1.29 is 4.79 Å². The van der Waals surface area contributed by atoms with Gasteiger partial charge in [-0.1, -0.05) is 43.2 Å². The second-order valence-electron chi connectivity index (χ2n) is 7.27. The number of allylic oxidation sites excluding steroid dienone is 2. The molecule has 0 radical (unpaired) electrons. The molecule has 2 unspecified atom stereocenters. The van der Waals surface area contributed by atoms with E-state index >= 15 is 0 Å². The third-order valence-electron chi connectivity index (χ3n) is 6.09. The van der Waals surface area contributed by atoms with Crippen molar-refractivity contribution in [1.82, 2.24) is 0 Å². The maximum atomic E-state index is 13.0. The van der Waals surface area contributed by atoms with Crippen LogP contribution >= 0.6 is 0 Å². The summed E-state index contributed by atoms with van der Waals surface area (Å²) in [6.07, 6.45) is 11.0. The largest absolute Gasteiger partial charge is 0.299 e. The highest BCUT2D eigenvalue weighted by Gasteiger charge is 2.53. The summed E-state index contributed by atoms with van der Waals surface area (Å²) in [5.74, 6) is 1.14. The van der Waals surface area contributed by atoms with Gasteiger partial charge in [0.05, 0.1) is 0 Å². The monoisotopic (exact) mass is 280 g/mol. The van der Waals surface area contributed by atoms with Crippen LogP contribution in [0.5, 0.6) is 0 Å². The number of unbranched alkanes of at least 4 members (excludes halogenated alkanes) is 1. The second-order valence-corrected chi connectivity index (χ2v) is 7.27. The van der Waals surface area contributed by atoms with Crippen LogP contribution in [0.3, 0.4) is 0 Å². The predicted octanol–water partition coefficient (Wildman–Crippen LogP) is 4.42. The molecular formula is C20H24O. The van der Waals surface area contributed by atoms with E-state index < -0.39 is 0 Å². The topological polar surface area (TPSA) is 17.1 Å². The molecule has 0 aromatic heterocycles. The van der Waals surface area contributed by atoms with Crippen LogP contribution in [0.25, 0.3) is 0 Å². The summed E-state index contributed by atoms with van der Waals surface area (Å²) >= 11 is 0. The van der Waals surface area contributed by atoms with Crippen molar-refractivity contribution in [3.8, 4) is 0 Å². The van der Waals surface area contributed by atoms with Crippen molar-refractivity contribution in [1.29, 1.82) is 0 Å². The number of Topliss-reactive ketones (excluding diaryl/α,β-unsaturated/α-hetero) is 1. The Morgan fingerprint density at radius 1 is 1.29 bits per heavy atom. The Morgan fingerprint density at radius 2 is 2.19 bits per heavy atom. The zero-order chi connectivity index (χ0) is 14.4. The van der Waals surface area contributed by atoms with Crippen LogP contribution in [0, 0.1) is 11.3 Å². The minimum absolute atomic E-state index is 0.0273. The van der Waals surface area contributed by atoms with Gasteiger partial charge in [-0.15, -0.1) is 0 Å². The van der Waals surface area contributed by atoms with Gasteiger partial charge in [-0.25, -0.2) is 0 Å². The maximum Gasteiger partial charge on any atom is 0.144 e. The van der Waals surface area contributed by atoms with Crippen molar-refractivity contribution >= 4 is 5.78 Å². The fraction of sp³-hybridized carbons (Fsp3) is 0.550. The lowest BCUT2D eigenvalue weighted by Gasteiger charge is -2.39. The summed E-state index contributed by atoms with van der Waals surface area (Å²) in [7, 11) is 0. The van der Waals surface area contributed by atoms with Gasteiger partial charge in [0.1, 0.15) is 5.78 Å². The van der Waals surface area contributed by atoms with Crippen LogP contribution in [0.2, 0.25) is 0 Å². The highest BCUT2D eigenvalue weighted by Crippen LogP contribution is 2.57. The summed E-state index contributed by atoms with van der Waals surface area (Å²) in [6.45, 7) is 2.23. The van der Waals surface area contributed by atoms with Gasteiger partial charge >= 0.3 is 0 Å². The maximum absolute atomic E-state index is 13.0. The number of benzene rings is 1. The van der Waals surface area contributed by atoms with E-state index in [1.165, 1.54) is 36.0 Å². The fourth-order valence-corrected chi connectivity index (χ4v) is 4.90. The van der Waals surface area contributed by atoms with Crippen LogP contribution in [0.1, 0.15) is 55.7 Å². The molecule has 3 aliphatic rings. The van der Waals surface area contributed by atoms with Gasteiger partial charge in [-0.3, -0.25) is 4.79 Å². The highest BCUT2D eigenvalue weighted by molar-refractivity contribution is 5.91. The van der Waals surface area contributed by atoms with E-state index in [0.29, 0.717) is 18.1 Å². The number of carbonyl (C=O) groups is 1. The van der Waals surface area contributed by atoms with Gasteiger partial charge < -0.3 is 0 Å². The zero-order valence-electron chi connectivity index (χ0n) is 13.0. The van der Waals surface area contributed by atoms with Gasteiger partial charge in [0, 0.05) is 11.8 Å². The van der Waals surface area contributed by atoms with Gasteiger partial charge in [0.25, 0.3) is 0 Å². The van der Waals surface area contributed by atoms with Crippen LogP contribution < -0.4 is 0 Å². The lowest BCUT2D eigenvalue weighted by molar-refractivity contribution is -0.131. The van der Waals surface area contributed by atoms with Crippen LogP contribution in [-0.2, 0) is 24.1 Å². The Bertz CT molecular complexity index is 625. The molecule has 1 fully saturated rings. The Hall–Kier alpha value is -1.37. The number of aryl methyl sites for hydroxylation is 1. The number of hydrogen-bond acceptors (Lipinski definition) is 1. The van der Waals surface area contributed by atoms with Crippen LogP contribution in [0.15, 0.2) is 29.8 Å². The average Bonchev–Trinajstić information content (AvgIpc) is 3.08. The van der Waals surface area contributed by atoms with E-state index in [4.69, 9.17) is 0 Å². The van der Waals surface area contributed by atoms with Crippen molar-refractivity contribution in [3.63, 3.8) is 0 Å². The van der Waals surface area contributed by atoms with E-state index in [1.54, 1.807) is 5.57 Å². The van der Waals surface area contributed by atoms with Gasteiger partial charge in [-0.05, 0) is 61.1 Å². The molecule has 3 aliphatic carbocycles. The molecule has 0 amide bonds. The number of carbonyl (C=O) groups excluding carboxylic acids is 1. The van der Waals surface area contributed by atoms with E-state index in [1.807, 2.05) is 0 Å². The SMILES string of the molecule is CCCCc1cccc2c1CC(=O)C1(CC3=CCC1C3)C2. The third kappa shape index (κ3) is 1.93. The molecule has 2 atom stereocenters. The Kier molecular flexibility index (Phi) is 3.06. The minimum atomic E-state index is -0.0273. The van der Waals surface area contributed by atoms with Crippen molar-refractivity contribution in [2.24, 2.45) is 11.3 Å². The number of hydrogen-bond donors (Lipinski definition) is 0. The first-order valence-corrected chi connectivity index (χ1v) is 8.54. The molecule has 4 rings (SSSR count). The van der Waals surface area contributed by atoms with E-state index in [-0.39, 0.29) is 5.41 Å². The summed E-state index contributed by atoms with van der Waals surface area (Å²) in [6, 6.07) is 6.72. The lowest BCUT2D eigenvalue weighted by atomic mass is 9.62. The molecule has 1 nitrogen and oxygen atoms in total. The lowest BCUT2D eigenvalue weighted by Crippen LogP contribution is -2.42. The van der Waals surface area contributed by atoms with Crippen LogP contribution in [-0.4, -0.2) is 5.78 Å². The number of ketones is 1. The molecule has 1 heteroatoms. The summed E-state index contributed by atoms with van der Waals surface area (Å²) in [4.78, 5) is 13.0. The number of fused-ring (bicyclic) bond motifs is 4. The van der Waals surface area contributed by atoms with Gasteiger partial charge in [0.15, 0.2) is 0 Å². The molecule has 2 bridgehead atoms. The quantitative estimate of drug-likeness (QED) is 0.749. The third-order valence-corrected chi connectivity index (χ3v) is 6.09. The predicted molar refractivity (Wildman–Crippen MR) is 85.3 cm³/mol. The fourth-order valence-electron chi connectivity index (χ4n) is 4.90. The Labute approximate surface area is 127 Å². The van der Waals surface area contributed by atoms with Gasteiger partial charge in [0.2, 0.25) is 0 Å². The minimum Gasteiger partial charge on any atom is -0.299 e. The molecule has 1 spiro atoms. The molecule has 21 heavy (non-hydrogen) atoms. The first kappa shape index (κ1) is 13.3. The number of rotatable bonds is 3. The van der Waals surface area contributed by atoms with Crippen molar-refractivity contribution in [2.45, 2.75) is 58.3 Å². The Balaban J connectivity index is 1.69. The van der Waals surface area contributed by atoms with Gasteiger partial charge in [-0.2, -0.15) is 0 Å². The molecule has 1 aromatic carbocycles. The highest BCUT2D eigenvalue weighted by atomic mass is 16.1. The zero-order valence-corrected chi connectivity index (χ0v) is 13.0. The average molecular weight is 280 g/mol. The van der Waals surface area contributed by atoms with E-state index in [0.717, 1.165) is 25.7 Å². The molecule has 1 aromatic rings. The molecule has 1 saturated carbocycles. The summed E-state index contributed by atoms with van der Waals surface area (Å²) in [5, 5.41) is 0. The summed E-state index contributed by atoms with van der Waals surface area (Å²) in [5.41, 5.74) is 5.80. The Morgan fingerprint density at radius 3 is 2.90 bits per heavy atom. The first-order valence-electron chi connectivity index (χ1n) is 8.54. The van der Waals surface area contributed by atoms with Crippen LogP contribution in [0.4, 0.5) is 0 Å². The van der Waals surface area contributed by atoms with Crippen molar-refractivity contribution in [3.05, 3.63) is 46.5 Å². The second kappa shape index (κ2) is 4.83. The molecule has 0 saturated heterocycles. The van der Waals surface area contributed by atoms with E-state index in [2.05, 4.69) is 31.2 Å². The molecule has 0 N–H and O–H groups in total. The molecule has 110 valence electrons. The first-order chi connectivity index (χ1) is 10.2. The smallest absolute Gasteiger partial charge is 0.144 e. The van der Waals surface area contributed by atoms with E-state index in [9.17, 15) is 4.79 Å². The standard InChI is InChI=1S/C20H24O/c1-2-3-5-15-6-4-7-16-13-20(19(21)11-18(15)16)12-14-8-9-17(20)10-14/h4,6-8,17H,2-3,5,9-13H2,1H3. The summed E-state index contributed by atoms with van der Waals surface area (Å²) < 4.78 is 0. The molecule has 0 aliphatic heterocycles.